The van der Waals surface area contributed by atoms with E-state index in [-0.39, 0.29) is 5.69 Å². The third kappa shape index (κ3) is 7.56. The highest BCUT2D eigenvalue weighted by atomic mass is 79.9. The van der Waals surface area contributed by atoms with Crippen molar-refractivity contribution in [1.82, 2.24) is 14.8 Å². The summed E-state index contributed by atoms with van der Waals surface area (Å²) in [4.78, 5) is 44.1. The molecule has 0 unspecified atom stereocenters. The molecule has 3 aromatic rings. The van der Waals surface area contributed by atoms with Gasteiger partial charge in [-0.1, -0.05) is 28.1 Å². The first-order valence-corrected chi connectivity index (χ1v) is 13.5. The third-order valence-electron chi connectivity index (χ3n) is 4.92. The lowest BCUT2D eigenvalue weighted by atomic mass is 10.0. The molecule has 0 bridgehead atoms. The molecule has 11 heteroatoms. The van der Waals surface area contributed by atoms with Crippen LogP contribution in [0.4, 0.5) is 20.1 Å². The largest absolute Gasteiger partial charge is 0.443 e. The van der Waals surface area contributed by atoms with Crippen LogP contribution in [0.25, 0.3) is 22.2 Å². The number of carbonyl (C=O) groups is 3. The normalized spacial score (nSPS) is 12.3. The van der Waals surface area contributed by atoms with Crippen molar-refractivity contribution in [2.75, 3.05) is 4.90 Å². The Morgan fingerprint density at radius 2 is 1.33 bits per heavy atom. The number of halogens is 1. The Morgan fingerprint density at radius 3 is 1.79 bits per heavy atom. The van der Waals surface area contributed by atoms with Gasteiger partial charge in [0.15, 0.2) is 5.65 Å². The number of hydrogen-bond acceptors (Lipinski definition) is 8. The first-order valence-electron chi connectivity index (χ1n) is 12.4. The first kappa shape index (κ1) is 30.1. The van der Waals surface area contributed by atoms with Crippen molar-refractivity contribution in [1.29, 1.82) is 0 Å². The number of hydrogen-bond donors (Lipinski definition) is 0. The fourth-order valence-electron chi connectivity index (χ4n) is 3.57. The zero-order chi connectivity index (χ0) is 29.3. The maximum absolute atomic E-state index is 13.0. The monoisotopic (exact) mass is 602 g/mol. The van der Waals surface area contributed by atoms with Crippen LogP contribution >= 0.6 is 15.9 Å². The summed E-state index contributed by atoms with van der Waals surface area (Å²) in [6.45, 7) is 15.6. The molecule has 0 spiro atoms. The second-order valence-electron chi connectivity index (χ2n) is 11.9. The summed E-state index contributed by atoms with van der Waals surface area (Å²) in [7, 11) is 0. The van der Waals surface area contributed by atoms with E-state index in [4.69, 9.17) is 14.2 Å². The predicted octanol–water partition coefficient (Wildman–Crippen LogP) is 7.45. The molecule has 210 valence electrons. The fraction of sp³-hybridized carbons (Fsp3) is 0.464. The number of carbonyl (C=O) groups excluding carboxylic acids is 3. The number of nitrogens with zero attached hydrogens (tertiary/aromatic N) is 4. The van der Waals surface area contributed by atoms with Crippen LogP contribution in [-0.2, 0) is 19.5 Å². The van der Waals surface area contributed by atoms with Crippen molar-refractivity contribution in [3.63, 3.8) is 0 Å². The van der Waals surface area contributed by atoms with Crippen LogP contribution in [-0.4, -0.2) is 49.8 Å². The molecule has 2 heterocycles. The Bertz CT molecular complexity index is 1350. The van der Waals surface area contributed by atoms with Gasteiger partial charge in [-0.15, -0.1) is 4.68 Å². The van der Waals surface area contributed by atoms with E-state index in [1.807, 2.05) is 6.07 Å². The highest BCUT2D eigenvalue weighted by Crippen LogP contribution is 2.33. The zero-order valence-electron chi connectivity index (χ0n) is 23.8. The van der Waals surface area contributed by atoms with Crippen LogP contribution in [0.3, 0.4) is 0 Å². The van der Waals surface area contributed by atoms with Gasteiger partial charge in [-0.05, 0) is 91.6 Å². The molecule has 0 atom stereocenters. The summed E-state index contributed by atoms with van der Waals surface area (Å²) < 4.78 is 17.6. The number of anilines is 1. The van der Waals surface area contributed by atoms with E-state index >= 15 is 0 Å². The number of imide groups is 1. The van der Waals surface area contributed by atoms with Crippen molar-refractivity contribution >= 4 is 50.9 Å². The summed E-state index contributed by atoms with van der Waals surface area (Å²) in [5.41, 5.74) is 0.406. The van der Waals surface area contributed by atoms with Gasteiger partial charge in [0.05, 0.1) is 16.8 Å². The summed E-state index contributed by atoms with van der Waals surface area (Å²) in [6, 6.07) is 8.58. The highest BCUT2D eigenvalue weighted by molar-refractivity contribution is 9.08. The molecule has 0 aliphatic rings. The van der Waals surface area contributed by atoms with E-state index < -0.39 is 35.1 Å². The van der Waals surface area contributed by atoms with Gasteiger partial charge in [-0.3, -0.25) is 0 Å². The van der Waals surface area contributed by atoms with Gasteiger partial charge < -0.3 is 14.2 Å². The Hall–Kier alpha value is -3.47. The lowest BCUT2D eigenvalue weighted by Gasteiger charge is -2.28. The van der Waals surface area contributed by atoms with Gasteiger partial charge in [-0.2, -0.15) is 10.00 Å². The molecule has 10 nitrogen and oxygen atoms in total. The van der Waals surface area contributed by atoms with Crippen molar-refractivity contribution < 1.29 is 28.6 Å². The van der Waals surface area contributed by atoms with Gasteiger partial charge in [0.2, 0.25) is 0 Å². The highest BCUT2D eigenvalue weighted by Gasteiger charge is 2.33. The molecule has 2 aromatic heterocycles. The zero-order valence-corrected chi connectivity index (χ0v) is 25.4. The van der Waals surface area contributed by atoms with Gasteiger partial charge in [0, 0.05) is 11.5 Å². The van der Waals surface area contributed by atoms with E-state index in [1.165, 1.54) is 0 Å². The van der Waals surface area contributed by atoms with Crippen LogP contribution in [0.1, 0.15) is 68.0 Å². The van der Waals surface area contributed by atoms with Gasteiger partial charge >= 0.3 is 18.3 Å². The minimum absolute atomic E-state index is 0.276. The number of alkyl halides is 1. The number of amides is 2. The molecule has 0 fully saturated rings. The van der Waals surface area contributed by atoms with Crippen molar-refractivity contribution in [3.05, 3.63) is 42.2 Å². The molecule has 0 N–H and O–H groups in total. The molecule has 0 saturated heterocycles. The van der Waals surface area contributed by atoms with Crippen molar-refractivity contribution in [3.8, 4) is 11.1 Å². The molecule has 0 aliphatic heterocycles. The fourth-order valence-corrected chi connectivity index (χ4v) is 3.96. The Kier molecular flexibility index (Phi) is 8.45. The number of aromatic nitrogens is 3. The summed E-state index contributed by atoms with van der Waals surface area (Å²) in [5.74, 6) is 0. The minimum Gasteiger partial charge on any atom is -0.443 e. The second kappa shape index (κ2) is 11.0. The SMILES string of the molecule is CC(C)(C)OC(=O)N(C(=O)OC(C)(C)C)c1ccc(-c2ccnc3c2c(CBr)nn3C(=O)OC(C)(C)C)cc1. The minimum atomic E-state index is -0.851. The van der Waals surface area contributed by atoms with Crippen molar-refractivity contribution in [2.24, 2.45) is 0 Å². The lowest BCUT2D eigenvalue weighted by Crippen LogP contribution is -2.43. The van der Waals surface area contributed by atoms with Crippen LogP contribution in [0, 0.1) is 0 Å². The Labute approximate surface area is 236 Å². The molecule has 0 aliphatic carbocycles. The van der Waals surface area contributed by atoms with E-state index in [9.17, 15) is 14.4 Å². The molecule has 2 amide bonds. The Balaban J connectivity index is 2.06. The molecule has 39 heavy (non-hydrogen) atoms. The topological polar surface area (TPSA) is 113 Å². The van der Waals surface area contributed by atoms with Crippen LogP contribution < -0.4 is 4.90 Å². The van der Waals surface area contributed by atoms with Crippen LogP contribution in [0.15, 0.2) is 36.5 Å². The number of fused-ring (bicyclic) bond motifs is 1. The summed E-state index contributed by atoms with van der Waals surface area (Å²) >= 11 is 3.45. The van der Waals surface area contributed by atoms with Crippen LogP contribution in [0.2, 0.25) is 0 Å². The third-order valence-corrected chi connectivity index (χ3v) is 5.45. The first-order chi connectivity index (χ1) is 17.9. The van der Waals surface area contributed by atoms with Gasteiger partial charge in [0.1, 0.15) is 16.8 Å². The molecule has 0 radical (unpaired) electrons. The van der Waals surface area contributed by atoms with E-state index in [2.05, 4.69) is 26.0 Å². The number of pyridine rings is 1. The smallest absolute Gasteiger partial charge is 0.437 e. The summed E-state index contributed by atoms with van der Waals surface area (Å²) in [5, 5.41) is 5.49. The number of ether oxygens (including phenoxy) is 3. The standard InChI is InChI=1S/C28H35BrN4O6/c1-26(2,3)37-23(34)32(24(35)38-27(4,5)6)18-12-10-17(11-13-18)19-14-15-30-22-21(19)20(16-29)31-33(22)25(36)39-28(7,8)9/h10-15H,16H2,1-9H3. The second-order valence-corrected chi connectivity index (χ2v) is 12.4. The van der Waals surface area contributed by atoms with E-state index in [1.54, 1.807) is 92.8 Å². The molecule has 1 aromatic carbocycles. The van der Waals surface area contributed by atoms with Crippen LogP contribution in [0.5, 0.6) is 0 Å². The maximum Gasteiger partial charge on any atom is 0.437 e. The summed E-state index contributed by atoms with van der Waals surface area (Å²) in [6.07, 6.45) is -0.753. The maximum atomic E-state index is 13.0. The Morgan fingerprint density at radius 1 is 0.821 bits per heavy atom. The lowest BCUT2D eigenvalue weighted by molar-refractivity contribution is 0.0428. The van der Waals surface area contributed by atoms with Gasteiger partial charge in [-0.25, -0.2) is 19.4 Å². The number of rotatable bonds is 3. The quantitative estimate of drug-likeness (QED) is 0.224. The molecule has 0 saturated carbocycles. The average Bonchev–Trinajstić information content (AvgIpc) is 3.15. The van der Waals surface area contributed by atoms with Gasteiger partial charge in [0.25, 0.3) is 0 Å². The molecular formula is C28H35BrN4O6. The van der Waals surface area contributed by atoms with Crippen molar-refractivity contribution in [2.45, 2.75) is 84.4 Å². The van der Waals surface area contributed by atoms with E-state index in [0.29, 0.717) is 22.1 Å². The molecule has 3 rings (SSSR count). The average molecular weight is 604 g/mol. The predicted molar refractivity (Wildman–Crippen MR) is 152 cm³/mol. The number of benzene rings is 1. The molecular weight excluding hydrogens is 568 g/mol. The van der Waals surface area contributed by atoms with E-state index in [0.717, 1.165) is 20.7 Å².